The van der Waals surface area contributed by atoms with Crippen LogP contribution in [0.2, 0.25) is 0 Å². The van der Waals surface area contributed by atoms with Crippen molar-refractivity contribution in [1.82, 2.24) is 0 Å². The molecule has 2 saturated heterocycles. The van der Waals surface area contributed by atoms with Crippen molar-refractivity contribution in [3.8, 4) is 0 Å². The van der Waals surface area contributed by atoms with Gasteiger partial charge in [0, 0.05) is 31.1 Å². The molecule has 0 bridgehead atoms. The number of benzene rings is 1. The summed E-state index contributed by atoms with van der Waals surface area (Å²) in [6, 6.07) is 9.09. The van der Waals surface area contributed by atoms with Gasteiger partial charge in [-0.15, -0.1) is 0 Å². The van der Waals surface area contributed by atoms with Gasteiger partial charge in [-0.2, -0.15) is 0 Å². The summed E-state index contributed by atoms with van der Waals surface area (Å²) < 4.78 is 24.0. The van der Waals surface area contributed by atoms with Crippen LogP contribution in [0.5, 0.6) is 0 Å². The first-order chi connectivity index (χ1) is 16.1. The summed E-state index contributed by atoms with van der Waals surface area (Å²) in [5, 5.41) is 0. The van der Waals surface area contributed by atoms with E-state index in [9.17, 15) is 9.59 Å². The fourth-order valence-corrected chi connectivity index (χ4v) is 5.69. The highest BCUT2D eigenvalue weighted by atomic mass is 16.7. The van der Waals surface area contributed by atoms with E-state index in [1.165, 1.54) is 25.7 Å². The molecule has 0 amide bonds. The molecular formula is C27H38O6. The number of hydrogen-bond acceptors (Lipinski definition) is 6. The lowest BCUT2D eigenvalue weighted by atomic mass is 9.85. The molecule has 6 heteroatoms. The Labute approximate surface area is 197 Å². The van der Waals surface area contributed by atoms with Crippen LogP contribution in [0, 0.1) is 11.8 Å². The molecule has 0 N–H and O–H groups in total. The Morgan fingerprint density at radius 2 is 1.82 bits per heavy atom. The second kappa shape index (κ2) is 11.5. The number of carbonyl (C=O) groups excluding carboxylic acids is 2. The van der Waals surface area contributed by atoms with Crippen LogP contribution in [-0.2, 0) is 23.7 Å². The zero-order valence-electron chi connectivity index (χ0n) is 19.8. The maximum atomic E-state index is 12.7. The second-order valence-electron chi connectivity index (χ2n) is 9.77. The zero-order valence-corrected chi connectivity index (χ0v) is 19.8. The molecule has 4 atom stereocenters. The third-order valence-electron chi connectivity index (χ3n) is 7.46. The van der Waals surface area contributed by atoms with Crippen LogP contribution < -0.4 is 0 Å². The normalized spacial score (nSPS) is 28.3. The number of carbonyl (C=O) groups is 2. The lowest BCUT2D eigenvalue weighted by Crippen LogP contribution is -2.41. The molecule has 2 aliphatic heterocycles. The van der Waals surface area contributed by atoms with E-state index < -0.39 is 5.79 Å². The van der Waals surface area contributed by atoms with E-state index in [-0.39, 0.29) is 36.0 Å². The van der Waals surface area contributed by atoms with Crippen molar-refractivity contribution in [3.63, 3.8) is 0 Å². The van der Waals surface area contributed by atoms with Gasteiger partial charge in [-0.25, -0.2) is 4.79 Å². The molecule has 1 aromatic carbocycles. The van der Waals surface area contributed by atoms with Gasteiger partial charge in [0.2, 0.25) is 0 Å². The van der Waals surface area contributed by atoms with E-state index in [2.05, 4.69) is 6.92 Å². The summed E-state index contributed by atoms with van der Waals surface area (Å²) in [5.74, 6) is -0.845. The first kappa shape index (κ1) is 24.2. The minimum atomic E-state index is -0.556. The van der Waals surface area contributed by atoms with Crippen molar-refractivity contribution in [1.29, 1.82) is 0 Å². The Morgan fingerprint density at radius 3 is 2.58 bits per heavy atom. The van der Waals surface area contributed by atoms with Gasteiger partial charge in [-0.1, -0.05) is 50.8 Å². The Balaban J connectivity index is 1.40. The van der Waals surface area contributed by atoms with Crippen LogP contribution in [0.1, 0.15) is 87.9 Å². The minimum Gasteiger partial charge on any atom is -0.462 e. The number of fused-ring (bicyclic) bond motifs is 1. The van der Waals surface area contributed by atoms with Crippen LogP contribution in [0.3, 0.4) is 0 Å². The highest BCUT2D eigenvalue weighted by Gasteiger charge is 2.52. The summed E-state index contributed by atoms with van der Waals surface area (Å²) >= 11 is 0. The monoisotopic (exact) mass is 458 g/mol. The molecule has 1 saturated carbocycles. The van der Waals surface area contributed by atoms with Crippen LogP contribution in [-0.4, -0.2) is 43.1 Å². The number of hydrogen-bond donors (Lipinski definition) is 0. The average molecular weight is 459 g/mol. The Bertz CT molecular complexity index is 772. The molecule has 3 fully saturated rings. The van der Waals surface area contributed by atoms with Crippen molar-refractivity contribution in [2.24, 2.45) is 11.8 Å². The number of ether oxygens (including phenoxy) is 4. The zero-order chi connectivity index (χ0) is 23.1. The van der Waals surface area contributed by atoms with Crippen LogP contribution in [0.25, 0.3) is 0 Å². The molecule has 33 heavy (non-hydrogen) atoms. The molecule has 1 aromatic rings. The molecule has 182 valence electrons. The minimum absolute atomic E-state index is 0.0696. The maximum Gasteiger partial charge on any atom is 0.338 e. The van der Waals surface area contributed by atoms with E-state index in [1.807, 2.05) is 18.2 Å². The molecule has 0 aromatic heterocycles. The summed E-state index contributed by atoms with van der Waals surface area (Å²) in [6.45, 7) is 3.67. The van der Waals surface area contributed by atoms with Gasteiger partial charge >= 0.3 is 11.9 Å². The van der Waals surface area contributed by atoms with Gasteiger partial charge in [0.25, 0.3) is 0 Å². The topological polar surface area (TPSA) is 71.1 Å². The molecule has 0 radical (unpaired) electrons. The van der Waals surface area contributed by atoms with Crippen molar-refractivity contribution in [2.75, 3.05) is 13.2 Å². The fourth-order valence-electron chi connectivity index (χ4n) is 5.69. The predicted octanol–water partition coefficient (Wildman–Crippen LogP) is 5.44. The van der Waals surface area contributed by atoms with Crippen molar-refractivity contribution >= 4 is 11.9 Å². The first-order valence-corrected chi connectivity index (χ1v) is 12.8. The van der Waals surface area contributed by atoms with Gasteiger partial charge in [0.1, 0.15) is 12.2 Å². The summed E-state index contributed by atoms with van der Waals surface area (Å²) in [5.41, 5.74) is 0.549. The van der Waals surface area contributed by atoms with Crippen LogP contribution in [0.4, 0.5) is 0 Å². The van der Waals surface area contributed by atoms with Crippen molar-refractivity contribution < 1.29 is 28.5 Å². The third-order valence-corrected chi connectivity index (χ3v) is 7.46. The predicted molar refractivity (Wildman–Crippen MR) is 124 cm³/mol. The SMILES string of the molecule is CCCCCCCC1(CC[C@@H]2[C@H]3CC(=O)O[C@H]3C[C@H]2OC(=O)c2ccccc2)OCCCO1. The first-order valence-electron chi connectivity index (χ1n) is 12.8. The van der Waals surface area contributed by atoms with E-state index in [4.69, 9.17) is 18.9 Å². The fraction of sp³-hybridized carbons (Fsp3) is 0.704. The summed E-state index contributed by atoms with van der Waals surface area (Å²) in [6.07, 6.45) is 9.94. The molecule has 4 rings (SSSR count). The van der Waals surface area contributed by atoms with Crippen molar-refractivity contribution in [3.05, 3.63) is 35.9 Å². The standard InChI is InChI=1S/C27H38O6/c1-2-3-4-5-9-14-27(30-16-10-17-31-27)15-13-21-22-18-25(28)32-24(22)19-23(21)33-26(29)20-11-7-6-8-12-20/h6-8,11-12,21-24H,2-5,9-10,13-19H2,1H3/t21-,22-,23-,24+/m1/s1. The number of unbranched alkanes of at least 4 members (excludes halogenated alkanes) is 4. The van der Waals surface area contributed by atoms with Gasteiger partial charge in [-0.05, 0) is 31.4 Å². The quantitative estimate of drug-likeness (QED) is 0.325. The van der Waals surface area contributed by atoms with E-state index in [1.54, 1.807) is 12.1 Å². The highest BCUT2D eigenvalue weighted by molar-refractivity contribution is 5.89. The molecule has 2 heterocycles. The second-order valence-corrected chi connectivity index (χ2v) is 9.77. The lowest BCUT2D eigenvalue weighted by molar-refractivity contribution is -0.275. The summed E-state index contributed by atoms with van der Waals surface area (Å²) in [7, 11) is 0. The molecule has 1 aliphatic carbocycles. The van der Waals surface area contributed by atoms with E-state index in [0.717, 1.165) is 45.3 Å². The van der Waals surface area contributed by atoms with E-state index in [0.29, 0.717) is 18.4 Å². The highest BCUT2D eigenvalue weighted by Crippen LogP contribution is 2.46. The lowest BCUT2D eigenvalue weighted by Gasteiger charge is -2.39. The average Bonchev–Trinajstić information content (AvgIpc) is 3.34. The third kappa shape index (κ3) is 6.15. The smallest absolute Gasteiger partial charge is 0.338 e. The largest absolute Gasteiger partial charge is 0.462 e. The molecule has 6 nitrogen and oxygen atoms in total. The number of rotatable bonds is 11. The maximum absolute atomic E-state index is 12.7. The molecule has 0 spiro atoms. The van der Waals surface area contributed by atoms with Gasteiger partial charge in [0.15, 0.2) is 5.79 Å². The summed E-state index contributed by atoms with van der Waals surface area (Å²) in [4.78, 5) is 24.7. The Morgan fingerprint density at radius 1 is 1.06 bits per heavy atom. The number of esters is 2. The molecule has 0 unspecified atom stereocenters. The van der Waals surface area contributed by atoms with Crippen molar-refractivity contribution in [2.45, 2.75) is 95.5 Å². The molecular weight excluding hydrogens is 420 g/mol. The molecule has 3 aliphatic rings. The van der Waals surface area contributed by atoms with E-state index >= 15 is 0 Å². The van der Waals surface area contributed by atoms with Crippen LogP contribution >= 0.6 is 0 Å². The Hall–Kier alpha value is -1.92. The van der Waals surface area contributed by atoms with Gasteiger partial charge in [-0.3, -0.25) is 4.79 Å². The van der Waals surface area contributed by atoms with Gasteiger partial charge in [0.05, 0.1) is 25.2 Å². The Kier molecular flexibility index (Phi) is 8.42. The van der Waals surface area contributed by atoms with Crippen LogP contribution in [0.15, 0.2) is 30.3 Å². The van der Waals surface area contributed by atoms with Gasteiger partial charge < -0.3 is 18.9 Å².